The Morgan fingerprint density at radius 2 is 1.08 bits per heavy atom. The van der Waals surface area contributed by atoms with Gasteiger partial charge in [-0.2, -0.15) is 0 Å². The molecule has 12 rings (SSSR count). The molecule has 5 nitrogen and oxygen atoms in total. The first kappa shape index (κ1) is 43.3. The van der Waals surface area contributed by atoms with Crippen LogP contribution < -0.4 is 4.74 Å². The fourth-order valence-corrected chi connectivity index (χ4v) is 12.0. The fraction of sp³-hybridized carbons (Fsp3) is 0.194. The summed E-state index contributed by atoms with van der Waals surface area (Å²) in [5.74, 6) is 1.90. The third kappa shape index (κ3) is 8.52. The number of aromatic nitrogens is 4. The van der Waals surface area contributed by atoms with Crippen molar-refractivity contribution in [3.8, 4) is 62.1 Å². The molecule has 3 heterocycles. The summed E-state index contributed by atoms with van der Waals surface area (Å²) >= 11 is 2.51. The smallest absolute Gasteiger partial charge is 0.0579 e. The number of benzene rings is 8. The van der Waals surface area contributed by atoms with E-state index >= 15 is 0 Å². The van der Waals surface area contributed by atoms with Gasteiger partial charge in [-0.15, -0.1) is 0 Å². The van der Waals surface area contributed by atoms with Gasteiger partial charge in [-0.05, 0) is 65.8 Å². The van der Waals surface area contributed by atoms with Crippen molar-refractivity contribution in [2.45, 2.75) is 84.9 Å². The SMILES string of the molecule is [2H]C([2H])([2H])c1cc(-n2c3cc(Oc4cccc(-n5[c](=[Pt])n(-c6c(-c7ccccc7)cc(C(C)(C)C)cc6-c6ccccc6)c6ccccc65)c4)ccc3c3cc4c(cc32)CCCC4)ncc1-c1ccc(C(C)(C)C)cc1. The summed E-state index contributed by atoms with van der Waals surface area (Å²) in [7, 11) is 0. The Labute approximate surface area is 444 Å². The number of fused-ring (bicyclic) bond motifs is 5. The number of para-hydroxylation sites is 2. The van der Waals surface area contributed by atoms with E-state index in [1.54, 1.807) is 12.3 Å². The van der Waals surface area contributed by atoms with Crippen molar-refractivity contribution in [3.05, 3.63) is 220 Å². The van der Waals surface area contributed by atoms with Crippen LogP contribution in [0, 0.1) is 10.7 Å². The van der Waals surface area contributed by atoms with E-state index in [-0.39, 0.29) is 16.4 Å². The molecule has 0 unspecified atom stereocenters. The molecule has 0 bridgehead atoms. The maximum absolute atomic E-state index is 8.81. The molecule has 0 saturated heterocycles. The van der Waals surface area contributed by atoms with Gasteiger partial charge in [-0.25, -0.2) is 0 Å². The molecular weight excluding hydrogens is 1070 g/mol. The van der Waals surface area contributed by atoms with E-state index in [4.69, 9.17) is 13.8 Å². The first-order chi connectivity index (χ1) is 36.5. The van der Waals surface area contributed by atoms with Gasteiger partial charge in [0.25, 0.3) is 0 Å². The van der Waals surface area contributed by atoms with E-state index < -0.39 is 6.85 Å². The van der Waals surface area contributed by atoms with Gasteiger partial charge >= 0.3 is 320 Å². The average molecular weight is 1140 g/mol. The zero-order chi connectivity index (χ0) is 52.7. The van der Waals surface area contributed by atoms with Crippen LogP contribution in [0.15, 0.2) is 188 Å². The minimum Gasteiger partial charge on any atom is -0.0579 e. The van der Waals surface area contributed by atoms with Crippen LogP contribution in [-0.2, 0) is 43.0 Å². The molecule has 6 heteroatoms. The molecule has 1 aliphatic rings. The number of pyridine rings is 1. The van der Waals surface area contributed by atoms with Crippen molar-refractivity contribution in [1.82, 2.24) is 18.7 Å². The molecular formula is C67H60N4OPt. The van der Waals surface area contributed by atoms with Crippen molar-refractivity contribution in [1.29, 1.82) is 0 Å². The maximum atomic E-state index is 8.81. The molecule has 364 valence electrons. The topological polar surface area (TPSA) is 36.9 Å². The van der Waals surface area contributed by atoms with Gasteiger partial charge in [-0.3, -0.25) is 0 Å². The first-order valence-electron chi connectivity index (χ1n) is 27.0. The summed E-state index contributed by atoms with van der Waals surface area (Å²) < 4.78 is 41.2. The Morgan fingerprint density at radius 1 is 0.493 bits per heavy atom. The van der Waals surface area contributed by atoms with Crippen LogP contribution in [-0.4, -0.2) is 18.7 Å². The summed E-state index contributed by atoms with van der Waals surface area (Å²) in [5.41, 5.74) is 17.5. The number of imidazole rings is 1. The van der Waals surface area contributed by atoms with Crippen LogP contribution in [0.3, 0.4) is 0 Å². The molecule has 11 aromatic rings. The number of nitrogens with zero attached hydrogens (tertiary/aromatic N) is 4. The van der Waals surface area contributed by atoms with E-state index in [1.807, 2.05) is 24.3 Å². The summed E-state index contributed by atoms with van der Waals surface area (Å²) in [6.07, 6.45) is 6.11. The molecule has 0 saturated carbocycles. The quantitative estimate of drug-likeness (QED) is 0.152. The van der Waals surface area contributed by atoms with E-state index in [0.717, 1.165) is 95.1 Å². The second kappa shape index (κ2) is 18.3. The van der Waals surface area contributed by atoms with E-state index in [9.17, 15) is 0 Å². The van der Waals surface area contributed by atoms with Gasteiger partial charge in [0.1, 0.15) is 0 Å². The minimum atomic E-state index is -2.39. The molecule has 1 aliphatic carbocycles. The average Bonchev–Trinajstić information content (AvgIpc) is 3.97. The number of hydrogen-bond donors (Lipinski definition) is 0. The molecule has 0 amide bonds. The number of hydrogen-bond acceptors (Lipinski definition) is 2. The van der Waals surface area contributed by atoms with Crippen LogP contribution in [0.2, 0.25) is 0 Å². The predicted octanol–water partition coefficient (Wildman–Crippen LogP) is 17.6. The fourth-order valence-electron chi connectivity index (χ4n) is 10.9. The third-order valence-corrected chi connectivity index (χ3v) is 15.8. The van der Waals surface area contributed by atoms with Crippen LogP contribution >= 0.6 is 0 Å². The second-order valence-electron chi connectivity index (χ2n) is 21.7. The molecule has 8 aromatic carbocycles. The Morgan fingerprint density at radius 3 is 1.73 bits per heavy atom. The third-order valence-electron chi connectivity index (χ3n) is 14.8. The van der Waals surface area contributed by atoms with Crippen molar-refractivity contribution in [2.24, 2.45) is 0 Å². The van der Waals surface area contributed by atoms with Crippen LogP contribution in [0.1, 0.15) is 86.3 Å². The second-order valence-corrected chi connectivity index (χ2v) is 22.7. The Kier molecular flexibility index (Phi) is 10.8. The van der Waals surface area contributed by atoms with Crippen LogP contribution in [0.5, 0.6) is 11.5 Å². The summed E-state index contributed by atoms with van der Waals surface area (Å²) in [6, 6.07) is 64.2. The van der Waals surface area contributed by atoms with E-state index in [0.29, 0.717) is 22.9 Å². The van der Waals surface area contributed by atoms with Gasteiger partial charge in [0.15, 0.2) is 0 Å². The first-order valence-corrected chi connectivity index (χ1v) is 26.6. The van der Waals surface area contributed by atoms with E-state index in [1.165, 1.54) is 28.7 Å². The number of ether oxygens (including phenoxy) is 1. The molecule has 0 radical (unpaired) electrons. The Balaban J connectivity index is 0.993. The van der Waals surface area contributed by atoms with E-state index in [2.05, 4.69) is 226 Å². The van der Waals surface area contributed by atoms with Crippen molar-refractivity contribution in [2.75, 3.05) is 0 Å². The van der Waals surface area contributed by atoms with Gasteiger partial charge in [0, 0.05) is 15.9 Å². The minimum absolute atomic E-state index is 0.0325. The standard InChI is InChI=1S/C67H60N4O.Pt/c1-44-35-64(68-42-59(44)47-29-31-50(32-30-47)66(2,3)4)71-62-37-49-24-15-14-23-48(49)36-58(62)55-34-33-54(41-63(55)71)72-53-26-18-25-52(40-53)69-43-70(61-28-17-16-27-60(61)69)65-56(45-19-10-8-11-20-45)38-51(67(5,6)7)39-57(65)46-21-12-9-13-22-46;/h8-13,16-22,25-42H,14-15,23-24H2,1-7H3;/i1D3;. The summed E-state index contributed by atoms with van der Waals surface area (Å²) in [5, 5.41) is 2.17. The molecule has 3 aromatic heterocycles. The molecule has 0 N–H and O–H groups in total. The van der Waals surface area contributed by atoms with Gasteiger partial charge < -0.3 is 0 Å². The zero-order valence-electron chi connectivity index (χ0n) is 45.2. The Bertz CT molecular complexity index is 4040. The zero-order valence-corrected chi connectivity index (χ0v) is 44.5. The normalized spacial score (nSPS) is 13.8. The molecule has 0 spiro atoms. The van der Waals surface area contributed by atoms with Gasteiger partial charge in [0.05, 0.1) is 0 Å². The van der Waals surface area contributed by atoms with Crippen LogP contribution in [0.25, 0.3) is 83.4 Å². The van der Waals surface area contributed by atoms with Crippen LogP contribution in [0.4, 0.5) is 0 Å². The molecule has 0 atom stereocenters. The summed E-state index contributed by atoms with van der Waals surface area (Å²) in [4.78, 5) is 5.10. The van der Waals surface area contributed by atoms with Crippen molar-refractivity contribution in [3.63, 3.8) is 0 Å². The van der Waals surface area contributed by atoms with Gasteiger partial charge in [0.2, 0.25) is 0 Å². The summed E-state index contributed by atoms with van der Waals surface area (Å²) in [6.45, 7) is 11.0. The van der Waals surface area contributed by atoms with Crippen molar-refractivity contribution >= 4 is 32.8 Å². The monoisotopic (exact) mass is 1130 g/mol. The predicted molar refractivity (Wildman–Crippen MR) is 300 cm³/mol. The molecule has 73 heavy (non-hydrogen) atoms. The van der Waals surface area contributed by atoms with Gasteiger partial charge in [-0.1, -0.05) is 45.0 Å². The molecule has 0 fully saturated rings. The Hall–Kier alpha value is -7.33. The van der Waals surface area contributed by atoms with Crippen molar-refractivity contribution < 1.29 is 28.2 Å². The molecule has 0 aliphatic heterocycles. The number of aryl methyl sites for hydroxylation is 3. The number of rotatable bonds is 8.